The first-order valence-electron chi connectivity index (χ1n) is 7.53. The van der Waals surface area contributed by atoms with Crippen LogP contribution in [0.4, 0.5) is 4.39 Å². The second-order valence-electron chi connectivity index (χ2n) is 5.84. The fourth-order valence-electron chi connectivity index (χ4n) is 3.42. The SMILES string of the molecule is Fc1ccccc1CN1CCN(C2CCCC2)CC1. The normalized spacial score (nSPS) is 23.0. The van der Waals surface area contributed by atoms with Gasteiger partial charge in [-0.2, -0.15) is 0 Å². The van der Waals surface area contributed by atoms with E-state index in [-0.39, 0.29) is 5.82 Å². The summed E-state index contributed by atoms with van der Waals surface area (Å²) in [6.45, 7) is 5.21. The summed E-state index contributed by atoms with van der Waals surface area (Å²) in [5.41, 5.74) is 0.830. The third-order valence-corrected chi connectivity index (χ3v) is 4.60. The summed E-state index contributed by atoms with van der Waals surface area (Å²) >= 11 is 0. The van der Waals surface area contributed by atoms with Crippen LogP contribution in [-0.2, 0) is 6.54 Å². The maximum Gasteiger partial charge on any atom is 0.127 e. The van der Waals surface area contributed by atoms with Crippen molar-refractivity contribution in [1.82, 2.24) is 9.80 Å². The molecule has 1 aliphatic carbocycles. The lowest BCUT2D eigenvalue weighted by molar-refractivity contribution is 0.0930. The van der Waals surface area contributed by atoms with Gasteiger partial charge in [-0.15, -0.1) is 0 Å². The molecule has 1 aromatic carbocycles. The molecule has 1 aromatic rings. The molecule has 3 rings (SSSR count). The number of rotatable bonds is 3. The van der Waals surface area contributed by atoms with E-state index < -0.39 is 0 Å². The highest BCUT2D eigenvalue weighted by molar-refractivity contribution is 5.17. The van der Waals surface area contributed by atoms with Crippen LogP contribution in [0, 0.1) is 5.82 Å². The van der Waals surface area contributed by atoms with Gasteiger partial charge < -0.3 is 0 Å². The molecule has 0 N–H and O–H groups in total. The fourth-order valence-corrected chi connectivity index (χ4v) is 3.42. The molecule has 1 aliphatic heterocycles. The van der Waals surface area contributed by atoms with Gasteiger partial charge in [-0.05, 0) is 18.9 Å². The lowest BCUT2D eigenvalue weighted by Crippen LogP contribution is -2.49. The van der Waals surface area contributed by atoms with Crippen LogP contribution in [0.3, 0.4) is 0 Å². The Hall–Kier alpha value is -0.930. The molecule has 1 heterocycles. The van der Waals surface area contributed by atoms with Crippen molar-refractivity contribution in [2.24, 2.45) is 0 Å². The molecule has 0 radical (unpaired) electrons. The van der Waals surface area contributed by atoms with E-state index in [4.69, 9.17) is 0 Å². The van der Waals surface area contributed by atoms with Crippen LogP contribution in [-0.4, -0.2) is 42.0 Å². The standard InChI is InChI=1S/C16H23FN2/c17-16-8-4-1-5-14(16)13-18-9-11-19(12-10-18)15-6-2-3-7-15/h1,4-5,8,15H,2-3,6-7,9-13H2. The number of piperazine rings is 1. The zero-order valence-electron chi connectivity index (χ0n) is 11.5. The molecule has 0 atom stereocenters. The lowest BCUT2D eigenvalue weighted by atomic mass is 10.1. The van der Waals surface area contributed by atoms with Crippen molar-refractivity contribution in [3.05, 3.63) is 35.6 Å². The van der Waals surface area contributed by atoms with Crippen molar-refractivity contribution in [2.45, 2.75) is 38.3 Å². The molecule has 1 saturated carbocycles. The Balaban J connectivity index is 1.51. The molecular weight excluding hydrogens is 239 g/mol. The zero-order valence-corrected chi connectivity index (χ0v) is 11.5. The highest BCUT2D eigenvalue weighted by atomic mass is 19.1. The minimum absolute atomic E-state index is 0.0688. The molecule has 3 heteroatoms. The van der Waals surface area contributed by atoms with Crippen LogP contribution in [0.5, 0.6) is 0 Å². The molecule has 2 fully saturated rings. The molecule has 19 heavy (non-hydrogen) atoms. The average molecular weight is 262 g/mol. The number of hydrogen-bond donors (Lipinski definition) is 0. The summed E-state index contributed by atoms with van der Waals surface area (Å²) in [4.78, 5) is 5.02. The summed E-state index contributed by atoms with van der Waals surface area (Å²) in [6, 6.07) is 7.97. The van der Waals surface area contributed by atoms with E-state index in [1.165, 1.54) is 25.7 Å². The van der Waals surface area contributed by atoms with Crippen molar-refractivity contribution in [3.63, 3.8) is 0 Å². The molecule has 0 aromatic heterocycles. The molecule has 1 saturated heterocycles. The number of benzene rings is 1. The Morgan fingerprint density at radius 2 is 1.68 bits per heavy atom. The van der Waals surface area contributed by atoms with Crippen LogP contribution >= 0.6 is 0 Å². The van der Waals surface area contributed by atoms with Gasteiger partial charge in [0.05, 0.1) is 0 Å². The third kappa shape index (κ3) is 3.15. The Morgan fingerprint density at radius 3 is 2.37 bits per heavy atom. The van der Waals surface area contributed by atoms with E-state index >= 15 is 0 Å². The van der Waals surface area contributed by atoms with Gasteiger partial charge in [0.25, 0.3) is 0 Å². The molecular formula is C16H23FN2. The largest absolute Gasteiger partial charge is 0.298 e. The lowest BCUT2D eigenvalue weighted by Gasteiger charge is -2.38. The van der Waals surface area contributed by atoms with Crippen LogP contribution < -0.4 is 0 Å². The van der Waals surface area contributed by atoms with Gasteiger partial charge in [0.2, 0.25) is 0 Å². The summed E-state index contributed by atoms with van der Waals surface area (Å²) in [5, 5.41) is 0. The van der Waals surface area contributed by atoms with Crippen molar-refractivity contribution in [2.75, 3.05) is 26.2 Å². The van der Waals surface area contributed by atoms with Crippen LogP contribution in [0.1, 0.15) is 31.2 Å². The van der Waals surface area contributed by atoms with Crippen LogP contribution in [0.2, 0.25) is 0 Å². The number of hydrogen-bond acceptors (Lipinski definition) is 2. The smallest absolute Gasteiger partial charge is 0.127 e. The van der Waals surface area contributed by atoms with Gasteiger partial charge >= 0.3 is 0 Å². The third-order valence-electron chi connectivity index (χ3n) is 4.60. The van der Waals surface area contributed by atoms with E-state index in [1.807, 2.05) is 12.1 Å². The van der Waals surface area contributed by atoms with E-state index in [1.54, 1.807) is 12.1 Å². The van der Waals surface area contributed by atoms with Gasteiger partial charge in [-0.25, -0.2) is 4.39 Å². The highest BCUT2D eigenvalue weighted by Gasteiger charge is 2.26. The Kier molecular flexibility index (Phi) is 4.14. The highest BCUT2D eigenvalue weighted by Crippen LogP contribution is 2.24. The predicted octanol–water partition coefficient (Wildman–Crippen LogP) is 2.89. The fraction of sp³-hybridized carbons (Fsp3) is 0.625. The summed E-state index contributed by atoms with van der Waals surface area (Å²) < 4.78 is 13.6. The maximum atomic E-state index is 13.6. The van der Waals surface area contributed by atoms with Gasteiger partial charge in [0.15, 0.2) is 0 Å². The van der Waals surface area contributed by atoms with Crippen molar-refractivity contribution < 1.29 is 4.39 Å². The Bertz CT molecular complexity index is 407. The van der Waals surface area contributed by atoms with Gasteiger partial charge in [0, 0.05) is 44.3 Å². The second kappa shape index (κ2) is 6.02. The summed E-state index contributed by atoms with van der Waals surface area (Å²) in [7, 11) is 0. The molecule has 0 bridgehead atoms. The van der Waals surface area contributed by atoms with Crippen molar-refractivity contribution in [3.8, 4) is 0 Å². The van der Waals surface area contributed by atoms with Crippen LogP contribution in [0.25, 0.3) is 0 Å². The minimum Gasteiger partial charge on any atom is -0.298 e. The number of halogens is 1. The molecule has 0 spiro atoms. The van der Waals surface area contributed by atoms with Crippen molar-refractivity contribution >= 4 is 0 Å². The Labute approximate surface area is 115 Å². The molecule has 0 unspecified atom stereocenters. The first kappa shape index (κ1) is 13.1. The Morgan fingerprint density at radius 1 is 1.00 bits per heavy atom. The van der Waals surface area contributed by atoms with E-state index in [2.05, 4.69) is 9.80 Å². The van der Waals surface area contributed by atoms with Crippen LogP contribution in [0.15, 0.2) is 24.3 Å². The van der Waals surface area contributed by atoms with E-state index in [9.17, 15) is 4.39 Å². The topological polar surface area (TPSA) is 6.48 Å². The first-order chi connectivity index (χ1) is 9.33. The van der Waals surface area contributed by atoms with Gasteiger partial charge in [-0.3, -0.25) is 9.80 Å². The maximum absolute atomic E-state index is 13.6. The van der Waals surface area contributed by atoms with Gasteiger partial charge in [0.1, 0.15) is 5.82 Å². The van der Waals surface area contributed by atoms with Gasteiger partial charge in [-0.1, -0.05) is 31.0 Å². The quantitative estimate of drug-likeness (QED) is 0.826. The molecule has 2 nitrogen and oxygen atoms in total. The monoisotopic (exact) mass is 262 g/mol. The number of nitrogens with zero attached hydrogens (tertiary/aromatic N) is 2. The predicted molar refractivity (Wildman–Crippen MR) is 75.5 cm³/mol. The van der Waals surface area contributed by atoms with E-state index in [0.717, 1.165) is 44.3 Å². The minimum atomic E-state index is -0.0688. The summed E-state index contributed by atoms with van der Waals surface area (Å²) in [6.07, 6.45) is 5.57. The summed E-state index contributed by atoms with van der Waals surface area (Å²) in [5.74, 6) is -0.0688. The second-order valence-corrected chi connectivity index (χ2v) is 5.84. The zero-order chi connectivity index (χ0) is 13.1. The average Bonchev–Trinajstić information content (AvgIpc) is 2.96. The molecule has 2 aliphatic rings. The van der Waals surface area contributed by atoms with E-state index in [0.29, 0.717) is 0 Å². The van der Waals surface area contributed by atoms with Crippen molar-refractivity contribution in [1.29, 1.82) is 0 Å². The molecule has 0 amide bonds. The first-order valence-corrected chi connectivity index (χ1v) is 7.53. The molecule has 104 valence electrons.